The van der Waals surface area contributed by atoms with Crippen molar-refractivity contribution in [2.75, 3.05) is 6.61 Å². The average Bonchev–Trinajstić information content (AvgIpc) is 3.24. The minimum absolute atomic E-state index is 0.00289. The zero-order chi connectivity index (χ0) is 44.9. The first-order valence-electron chi connectivity index (χ1n) is 20.5. The van der Waals surface area contributed by atoms with E-state index in [9.17, 15) is 39.3 Å². The van der Waals surface area contributed by atoms with E-state index in [1.807, 2.05) is 0 Å². The van der Waals surface area contributed by atoms with Crippen LogP contribution in [0.25, 0.3) is 0 Å². The zero-order valence-corrected chi connectivity index (χ0v) is 35.2. The van der Waals surface area contributed by atoms with E-state index in [1.165, 1.54) is 26.0 Å². The number of esters is 4. The Bertz CT molecular complexity index is 2280. The topological polar surface area (TPSA) is 221 Å². The van der Waals surface area contributed by atoms with Crippen LogP contribution in [0, 0.1) is 16.7 Å². The van der Waals surface area contributed by atoms with Gasteiger partial charge in [0, 0.05) is 37.7 Å². The number of ether oxygens (including phenoxy) is 5. The molecule has 1 amide bonds. The van der Waals surface area contributed by atoms with Crippen molar-refractivity contribution in [2.45, 2.75) is 108 Å². The first-order chi connectivity index (χ1) is 29.3. The summed E-state index contributed by atoms with van der Waals surface area (Å²) in [6, 6.07) is 22.9. The molecule has 328 valence electrons. The maximum Gasteiger partial charge on any atom is 0.338 e. The van der Waals surface area contributed by atoms with Crippen LogP contribution in [0.2, 0.25) is 0 Å². The predicted octanol–water partition coefficient (Wildman–Crippen LogP) is 3.74. The van der Waals surface area contributed by atoms with Gasteiger partial charge in [0.2, 0.25) is 0 Å². The van der Waals surface area contributed by atoms with Crippen LogP contribution in [0.15, 0.2) is 102 Å². The molecule has 2 bridgehead atoms. The third-order valence-corrected chi connectivity index (χ3v) is 13.5. The van der Waals surface area contributed by atoms with Crippen molar-refractivity contribution in [3.8, 4) is 0 Å². The van der Waals surface area contributed by atoms with Crippen LogP contribution < -0.4 is 5.32 Å². The van der Waals surface area contributed by atoms with Gasteiger partial charge in [-0.15, -0.1) is 0 Å². The molecule has 1 heterocycles. The Kier molecular flexibility index (Phi) is 11.8. The number of benzene rings is 3. The van der Waals surface area contributed by atoms with E-state index >= 15 is 4.79 Å². The smallest absolute Gasteiger partial charge is 0.338 e. The largest absolute Gasteiger partial charge is 0.456 e. The Balaban J connectivity index is 1.39. The molecule has 15 heteroatoms. The molecular formula is C47H51NO14. The summed E-state index contributed by atoms with van der Waals surface area (Å²) < 4.78 is 30.3. The van der Waals surface area contributed by atoms with Crippen molar-refractivity contribution >= 4 is 35.6 Å². The number of carbonyl (C=O) groups is 6. The fourth-order valence-electron chi connectivity index (χ4n) is 10.2. The van der Waals surface area contributed by atoms with Crippen molar-refractivity contribution < 1.29 is 67.8 Å². The van der Waals surface area contributed by atoms with Crippen molar-refractivity contribution in [1.82, 2.24) is 5.32 Å². The fraction of sp³-hybridized carbons (Fsp3) is 0.447. The molecule has 4 N–H and O–H groups in total. The summed E-state index contributed by atoms with van der Waals surface area (Å²) in [7, 11) is 0. The Morgan fingerprint density at radius 1 is 0.823 bits per heavy atom. The lowest BCUT2D eigenvalue weighted by Gasteiger charge is -2.67. The van der Waals surface area contributed by atoms with Crippen LogP contribution in [0.1, 0.15) is 86.7 Å². The summed E-state index contributed by atoms with van der Waals surface area (Å²) in [6.45, 7) is 7.97. The third-order valence-electron chi connectivity index (χ3n) is 13.5. The second-order valence-corrected chi connectivity index (χ2v) is 17.4. The van der Waals surface area contributed by atoms with Crippen LogP contribution >= 0.6 is 0 Å². The van der Waals surface area contributed by atoms with E-state index < -0.39 is 113 Å². The van der Waals surface area contributed by atoms with Gasteiger partial charge in [-0.2, -0.15) is 0 Å². The molecule has 1 saturated heterocycles. The normalized spacial score (nSPS) is 31.9. The molecule has 3 aromatic rings. The van der Waals surface area contributed by atoms with Gasteiger partial charge in [-0.25, -0.2) is 9.59 Å². The zero-order valence-electron chi connectivity index (χ0n) is 35.2. The second kappa shape index (κ2) is 16.5. The number of carbonyl (C=O) groups excluding carboxylic acids is 6. The number of fused-ring (bicyclic) bond motifs is 5. The lowest BCUT2D eigenvalue weighted by atomic mass is 9.44. The molecule has 62 heavy (non-hydrogen) atoms. The molecule has 0 radical (unpaired) electrons. The summed E-state index contributed by atoms with van der Waals surface area (Å²) in [6.07, 6.45) is -10.5. The highest BCUT2D eigenvalue weighted by atomic mass is 16.6. The molecular weight excluding hydrogens is 803 g/mol. The molecule has 7 rings (SSSR count). The predicted molar refractivity (Wildman–Crippen MR) is 218 cm³/mol. The van der Waals surface area contributed by atoms with E-state index in [1.54, 1.807) is 92.7 Å². The second-order valence-electron chi connectivity index (χ2n) is 17.4. The molecule has 15 nitrogen and oxygen atoms in total. The summed E-state index contributed by atoms with van der Waals surface area (Å²) in [5.41, 5.74) is -7.02. The lowest BCUT2D eigenvalue weighted by molar-refractivity contribution is -0.346. The number of amides is 1. The van der Waals surface area contributed by atoms with Gasteiger partial charge in [-0.05, 0) is 54.8 Å². The molecule has 3 aromatic carbocycles. The minimum atomic E-state index is -2.39. The van der Waals surface area contributed by atoms with Gasteiger partial charge >= 0.3 is 23.9 Å². The minimum Gasteiger partial charge on any atom is -0.456 e. The number of Topliss-reactive ketones (excluding diaryl/α,β-unsaturated/α-hetero) is 1. The van der Waals surface area contributed by atoms with Gasteiger partial charge in [0.1, 0.15) is 23.9 Å². The van der Waals surface area contributed by atoms with E-state index in [0.29, 0.717) is 5.56 Å². The monoisotopic (exact) mass is 853 g/mol. The van der Waals surface area contributed by atoms with E-state index in [-0.39, 0.29) is 35.3 Å². The van der Waals surface area contributed by atoms with Crippen LogP contribution in [0.4, 0.5) is 0 Å². The van der Waals surface area contributed by atoms with Crippen LogP contribution in [0.5, 0.6) is 0 Å². The van der Waals surface area contributed by atoms with Gasteiger partial charge < -0.3 is 44.3 Å². The standard InChI is InChI=1S/C47H51NO14/c1-25-31(60-43(56)36(52)35(28-16-10-7-11-17-28)48-41(54)29-18-12-8-13-19-29)23-47(57)40(61-42(55)30-20-14-9-15-21-30)38-45(6,32(51)22-33-46(38,24-58-33)62-27(3)50)39(53)37(59-26(2)49)34(25)44(47,4)5/h7-21,31-33,35-38,40,51-52,57H,22-24H2,1-6H3,(H,48,54)/t31-,32-,33+,35-,36+,37?,38?,40?,45+,46-,47+/m0/s1. The van der Waals surface area contributed by atoms with Gasteiger partial charge in [-0.3, -0.25) is 19.2 Å². The van der Waals surface area contributed by atoms with Crippen LogP contribution in [-0.4, -0.2) is 105 Å². The number of hydrogen-bond acceptors (Lipinski definition) is 14. The molecule has 3 aliphatic carbocycles. The number of nitrogens with one attached hydrogen (secondary N) is 1. The maximum atomic E-state index is 15.5. The highest BCUT2D eigenvalue weighted by Crippen LogP contribution is 2.64. The van der Waals surface area contributed by atoms with Crippen LogP contribution in [-0.2, 0) is 42.9 Å². The first-order valence-corrected chi connectivity index (χ1v) is 20.5. The van der Waals surface area contributed by atoms with Crippen molar-refractivity contribution in [3.63, 3.8) is 0 Å². The molecule has 1 aliphatic heterocycles. The Morgan fingerprint density at radius 3 is 1.95 bits per heavy atom. The van der Waals surface area contributed by atoms with E-state index in [4.69, 9.17) is 23.7 Å². The van der Waals surface area contributed by atoms with Gasteiger partial charge in [0.25, 0.3) is 5.91 Å². The number of aliphatic hydroxyl groups is 3. The SMILES string of the molecule is CC(=O)OC1C(=O)[C@@]2(C)C(C(OC(=O)c3ccccc3)[C@]3(O)C[C@H](OC(=O)[C@H](O)[C@@H](NC(=O)c4ccccc4)c4ccccc4)C(C)=C1C3(C)C)[C@]1(OC(C)=O)CO[C@@H]1C[C@@H]2O. The molecule has 0 spiro atoms. The third kappa shape index (κ3) is 7.29. The Labute approximate surface area is 358 Å². The fourth-order valence-corrected chi connectivity index (χ4v) is 10.2. The number of rotatable bonds is 10. The molecule has 4 aliphatic rings. The average molecular weight is 854 g/mol. The number of aliphatic hydroxyl groups excluding tert-OH is 2. The molecule has 0 aromatic heterocycles. The van der Waals surface area contributed by atoms with E-state index in [0.717, 1.165) is 13.8 Å². The summed E-state index contributed by atoms with van der Waals surface area (Å²) in [5, 5.41) is 40.2. The summed E-state index contributed by atoms with van der Waals surface area (Å²) >= 11 is 0. The van der Waals surface area contributed by atoms with E-state index in [2.05, 4.69) is 5.32 Å². The summed E-state index contributed by atoms with van der Waals surface area (Å²) in [4.78, 5) is 83.5. The Hall–Kier alpha value is -5.74. The molecule has 11 atom stereocenters. The molecule has 3 fully saturated rings. The van der Waals surface area contributed by atoms with Crippen molar-refractivity contribution in [3.05, 3.63) is 119 Å². The van der Waals surface area contributed by atoms with Crippen molar-refractivity contribution in [2.24, 2.45) is 16.7 Å². The van der Waals surface area contributed by atoms with Crippen LogP contribution in [0.3, 0.4) is 0 Å². The number of ketones is 1. The first kappa shape index (κ1) is 44.3. The maximum absolute atomic E-state index is 15.5. The van der Waals surface area contributed by atoms with Gasteiger partial charge in [-0.1, -0.05) is 80.6 Å². The Morgan fingerprint density at radius 2 is 1.40 bits per heavy atom. The molecule has 3 unspecified atom stereocenters. The highest BCUT2D eigenvalue weighted by Gasteiger charge is 2.78. The molecule has 2 saturated carbocycles. The highest BCUT2D eigenvalue weighted by molar-refractivity contribution is 5.96. The van der Waals surface area contributed by atoms with Gasteiger partial charge in [0.05, 0.1) is 35.6 Å². The lowest BCUT2D eigenvalue weighted by Crippen LogP contribution is -2.82. The number of hydrogen-bond donors (Lipinski definition) is 4. The quantitative estimate of drug-likeness (QED) is 0.130. The summed E-state index contributed by atoms with van der Waals surface area (Å²) in [5.74, 6) is -6.84. The van der Waals surface area contributed by atoms with Crippen molar-refractivity contribution in [1.29, 1.82) is 0 Å². The van der Waals surface area contributed by atoms with Gasteiger partial charge in [0.15, 0.2) is 23.6 Å².